The lowest BCUT2D eigenvalue weighted by Gasteiger charge is -2.20. The summed E-state index contributed by atoms with van der Waals surface area (Å²) in [7, 11) is 0. The molecule has 0 heterocycles. The monoisotopic (exact) mass is 340 g/mol. The van der Waals surface area contributed by atoms with E-state index < -0.39 is 0 Å². The van der Waals surface area contributed by atoms with E-state index in [9.17, 15) is 0 Å². The minimum atomic E-state index is 0.154. The van der Waals surface area contributed by atoms with Crippen LogP contribution in [0.2, 0.25) is 0 Å². The van der Waals surface area contributed by atoms with Crippen molar-refractivity contribution in [3.05, 3.63) is 0 Å². The first kappa shape index (κ1) is 9.42. The second kappa shape index (κ2) is 4.27. The van der Waals surface area contributed by atoms with Gasteiger partial charge in [-0.05, 0) is 0 Å². The van der Waals surface area contributed by atoms with Crippen LogP contribution in [0.25, 0.3) is 0 Å². The molecule has 0 aromatic heterocycles. The maximum Gasteiger partial charge on any atom is 0.0499 e. The minimum Gasteiger partial charge on any atom is -0.396 e. The van der Waals surface area contributed by atoms with Gasteiger partial charge in [-0.15, -0.1) is 0 Å². The molecule has 0 amide bonds. The second-order valence-electron chi connectivity index (χ2n) is 2.24. The highest BCUT2D eigenvalue weighted by atomic mass is 127. The van der Waals surface area contributed by atoms with Gasteiger partial charge in [0.2, 0.25) is 0 Å². The van der Waals surface area contributed by atoms with Gasteiger partial charge in [-0.1, -0.05) is 52.1 Å². The zero-order valence-electron chi connectivity index (χ0n) is 4.82. The maximum absolute atomic E-state index is 8.78. The van der Waals surface area contributed by atoms with Crippen LogP contribution in [0.4, 0.5) is 0 Å². The van der Waals surface area contributed by atoms with E-state index in [1.165, 1.54) is 0 Å². The van der Waals surface area contributed by atoms with Gasteiger partial charge in [0.15, 0.2) is 0 Å². The van der Waals surface area contributed by atoms with Crippen molar-refractivity contribution in [1.82, 2.24) is 0 Å². The molecule has 0 unspecified atom stereocenters. The van der Waals surface area contributed by atoms with Crippen molar-refractivity contribution in [2.45, 2.75) is 6.92 Å². The Morgan fingerprint density at radius 1 is 1.38 bits per heavy atom. The molecule has 0 fully saturated rings. The quantitative estimate of drug-likeness (QED) is 0.614. The number of rotatable bonds is 3. The largest absolute Gasteiger partial charge is 0.396 e. The molecule has 0 aliphatic carbocycles. The van der Waals surface area contributed by atoms with Gasteiger partial charge in [0.05, 0.1) is 0 Å². The summed E-state index contributed by atoms with van der Waals surface area (Å²) in [5, 5.41) is 8.78. The molecule has 0 atom stereocenters. The average Bonchev–Trinajstić information content (AvgIpc) is 1.87. The first-order chi connectivity index (χ1) is 3.68. The molecule has 0 rings (SSSR count). The SMILES string of the molecule is CC(CO)(CI)CI. The highest BCUT2D eigenvalue weighted by Crippen LogP contribution is 2.21. The average molecular weight is 340 g/mol. The van der Waals surface area contributed by atoms with Crippen molar-refractivity contribution in [3.63, 3.8) is 0 Å². The topological polar surface area (TPSA) is 20.2 Å². The van der Waals surface area contributed by atoms with Crippen LogP contribution in [0.3, 0.4) is 0 Å². The highest BCUT2D eigenvalue weighted by Gasteiger charge is 2.19. The van der Waals surface area contributed by atoms with Crippen LogP contribution in [0.5, 0.6) is 0 Å². The molecule has 0 aromatic rings. The molecule has 3 heteroatoms. The van der Waals surface area contributed by atoms with Gasteiger partial charge in [-0.25, -0.2) is 0 Å². The van der Waals surface area contributed by atoms with Crippen molar-refractivity contribution in [1.29, 1.82) is 0 Å². The molecule has 0 bridgehead atoms. The van der Waals surface area contributed by atoms with E-state index in [1.807, 2.05) is 0 Å². The van der Waals surface area contributed by atoms with E-state index in [-0.39, 0.29) is 5.41 Å². The standard InChI is InChI=1S/C5H10I2O/c1-5(2-6,3-7)4-8/h8H,2-4H2,1H3. The van der Waals surface area contributed by atoms with Crippen molar-refractivity contribution >= 4 is 45.2 Å². The van der Waals surface area contributed by atoms with Gasteiger partial charge in [0.25, 0.3) is 0 Å². The predicted octanol–water partition coefficient (Wildman–Crippen LogP) is 1.85. The van der Waals surface area contributed by atoms with Gasteiger partial charge in [-0.3, -0.25) is 0 Å². The van der Waals surface area contributed by atoms with Gasteiger partial charge >= 0.3 is 0 Å². The summed E-state index contributed by atoms with van der Waals surface area (Å²) in [6, 6.07) is 0. The van der Waals surface area contributed by atoms with Crippen molar-refractivity contribution in [3.8, 4) is 0 Å². The number of aliphatic hydroxyl groups is 1. The van der Waals surface area contributed by atoms with Gasteiger partial charge in [0.1, 0.15) is 0 Å². The molecule has 0 radical (unpaired) electrons. The fourth-order valence-electron chi connectivity index (χ4n) is 0.120. The normalized spacial score (nSPS) is 12.0. The smallest absolute Gasteiger partial charge is 0.0499 e. The van der Waals surface area contributed by atoms with Crippen LogP contribution in [-0.2, 0) is 0 Å². The molecule has 1 nitrogen and oxygen atoms in total. The number of hydrogen-bond donors (Lipinski definition) is 1. The molecule has 50 valence electrons. The second-order valence-corrected chi connectivity index (χ2v) is 3.76. The summed E-state index contributed by atoms with van der Waals surface area (Å²) >= 11 is 4.60. The fraction of sp³-hybridized carbons (Fsp3) is 1.00. The van der Waals surface area contributed by atoms with Crippen LogP contribution in [0.15, 0.2) is 0 Å². The summed E-state index contributed by atoms with van der Waals surface area (Å²) in [4.78, 5) is 0. The maximum atomic E-state index is 8.78. The zero-order valence-corrected chi connectivity index (χ0v) is 9.14. The fourth-order valence-corrected chi connectivity index (χ4v) is 2.17. The lowest BCUT2D eigenvalue weighted by molar-refractivity contribution is 0.189. The molecule has 0 aliphatic rings. The molecule has 0 saturated carbocycles. The van der Waals surface area contributed by atoms with E-state index in [0.29, 0.717) is 6.61 Å². The molecule has 0 aromatic carbocycles. The Morgan fingerprint density at radius 3 is 1.75 bits per heavy atom. The number of alkyl halides is 2. The Kier molecular flexibility index (Phi) is 5.03. The van der Waals surface area contributed by atoms with Crippen LogP contribution in [0.1, 0.15) is 6.92 Å². The van der Waals surface area contributed by atoms with E-state index >= 15 is 0 Å². The Hall–Kier alpha value is 1.42. The van der Waals surface area contributed by atoms with E-state index in [0.717, 1.165) is 8.86 Å². The number of aliphatic hydroxyl groups excluding tert-OH is 1. The van der Waals surface area contributed by atoms with Crippen LogP contribution in [0, 0.1) is 5.41 Å². The first-order valence-corrected chi connectivity index (χ1v) is 5.46. The number of hydrogen-bond acceptors (Lipinski definition) is 1. The van der Waals surface area contributed by atoms with Crippen molar-refractivity contribution < 1.29 is 5.11 Å². The third-order valence-corrected chi connectivity index (χ3v) is 4.71. The minimum absolute atomic E-state index is 0.154. The van der Waals surface area contributed by atoms with E-state index in [2.05, 4.69) is 52.1 Å². The van der Waals surface area contributed by atoms with Gasteiger partial charge < -0.3 is 5.11 Å². The Bertz CT molecular complexity index is 53.2. The zero-order chi connectivity index (χ0) is 6.62. The molecule has 8 heavy (non-hydrogen) atoms. The Morgan fingerprint density at radius 2 is 1.75 bits per heavy atom. The Balaban J connectivity index is 3.58. The van der Waals surface area contributed by atoms with Crippen molar-refractivity contribution in [2.75, 3.05) is 15.5 Å². The van der Waals surface area contributed by atoms with Crippen LogP contribution in [-0.4, -0.2) is 20.6 Å². The third kappa shape index (κ3) is 2.82. The van der Waals surface area contributed by atoms with Crippen LogP contribution >= 0.6 is 45.2 Å². The summed E-state index contributed by atoms with van der Waals surface area (Å²) in [5.41, 5.74) is 0.154. The van der Waals surface area contributed by atoms with Gasteiger partial charge in [-0.2, -0.15) is 0 Å². The highest BCUT2D eigenvalue weighted by molar-refractivity contribution is 14.1. The van der Waals surface area contributed by atoms with Crippen molar-refractivity contribution in [2.24, 2.45) is 5.41 Å². The first-order valence-electron chi connectivity index (χ1n) is 2.41. The lowest BCUT2D eigenvalue weighted by Crippen LogP contribution is -2.24. The molecular formula is C5H10I2O. The molecule has 0 spiro atoms. The summed E-state index contributed by atoms with van der Waals surface area (Å²) in [5.74, 6) is 0. The third-order valence-electron chi connectivity index (χ3n) is 1.03. The predicted molar refractivity (Wildman–Crippen MR) is 53.0 cm³/mol. The lowest BCUT2D eigenvalue weighted by atomic mass is 9.99. The molecule has 0 saturated heterocycles. The molecule has 1 N–H and O–H groups in total. The van der Waals surface area contributed by atoms with E-state index in [1.54, 1.807) is 0 Å². The Labute approximate surface area is 77.5 Å². The van der Waals surface area contributed by atoms with Crippen LogP contribution < -0.4 is 0 Å². The summed E-state index contributed by atoms with van der Waals surface area (Å²) < 4.78 is 2.06. The summed E-state index contributed by atoms with van der Waals surface area (Å²) in [6.07, 6.45) is 0. The molecular weight excluding hydrogens is 330 g/mol. The number of halogens is 2. The van der Waals surface area contributed by atoms with E-state index in [4.69, 9.17) is 5.11 Å². The molecule has 0 aliphatic heterocycles. The summed E-state index contributed by atoms with van der Waals surface area (Å²) in [6.45, 7) is 2.39. The van der Waals surface area contributed by atoms with Gasteiger partial charge in [0, 0.05) is 20.9 Å².